The zero-order chi connectivity index (χ0) is 18.0. The Hall–Kier alpha value is -1.79. The van der Waals surface area contributed by atoms with E-state index in [1.54, 1.807) is 14.2 Å². The zero-order valence-electron chi connectivity index (χ0n) is 15.1. The maximum absolute atomic E-state index is 12.7. The molecule has 0 radical (unpaired) electrons. The van der Waals surface area contributed by atoms with Crippen molar-refractivity contribution in [2.24, 2.45) is 11.1 Å². The number of rotatable bonds is 7. The highest BCUT2D eigenvalue weighted by Crippen LogP contribution is 2.49. The van der Waals surface area contributed by atoms with Crippen molar-refractivity contribution in [2.45, 2.75) is 45.4 Å². The molecule has 6 heteroatoms. The summed E-state index contributed by atoms with van der Waals surface area (Å²) in [6, 6.07) is 5.48. The average Bonchev–Trinajstić information content (AvgIpc) is 2.58. The van der Waals surface area contributed by atoms with E-state index in [1.165, 1.54) is 0 Å². The molecule has 24 heavy (non-hydrogen) atoms. The second kappa shape index (κ2) is 6.99. The van der Waals surface area contributed by atoms with Gasteiger partial charge in [-0.25, -0.2) is 0 Å². The second-order valence-corrected chi connectivity index (χ2v) is 6.70. The third-order valence-electron chi connectivity index (χ3n) is 5.16. The van der Waals surface area contributed by atoms with E-state index >= 15 is 0 Å². The lowest BCUT2D eigenvalue weighted by molar-refractivity contribution is -0.170. The summed E-state index contributed by atoms with van der Waals surface area (Å²) < 4.78 is 16.2. The van der Waals surface area contributed by atoms with Gasteiger partial charge in [-0.2, -0.15) is 0 Å². The molecule has 0 bridgehead atoms. The molecule has 134 valence electrons. The quantitative estimate of drug-likeness (QED) is 0.794. The number of amides is 1. The van der Waals surface area contributed by atoms with Crippen LogP contribution in [0.5, 0.6) is 11.5 Å². The first kappa shape index (κ1) is 18.5. The Morgan fingerprint density at radius 2 is 2.04 bits per heavy atom. The molecule has 1 aliphatic rings. The van der Waals surface area contributed by atoms with Gasteiger partial charge in [0.15, 0.2) is 0 Å². The topological polar surface area (TPSA) is 82.8 Å². The lowest BCUT2D eigenvalue weighted by Gasteiger charge is -2.57. The minimum absolute atomic E-state index is 0.00426. The molecule has 1 aromatic rings. The Balaban J connectivity index is 2.06. The summed E-state index contributed by atoms with van der Waals surface area (Å²) in [4.78, 5) is 12.7. The maximum atomic E-state index is 12.7. The van der Waals surface area contributed by atoms with Crippen LogP contribution in [-0.2, 0) is 16.1 Å². The highest BCUT2D eigenvalue weighted by molar-refractivity contribution is 5.88. The van der Waals surface area contributed by atoms with Gasteiger partial charge in [0.25, 0.3) is 0 Å². The molecule has 1 saturated carbocycles. The number of methoxy groups -OCH3 is 2. The number of ether oxygens (including phenoxy) is 3. The van der Waals surface area contributed by atoms with Crippen LogP contribution in [0.25, 0.3) is 0 Å². The van der Waals surface area contributed by atoms with Crippen LogP contribution in [0.3, 0.4) is 0 Å². The highest BCUT2D eigenvalue weighted by Gasteiger charge is 2.62. The average molecular weight is 336 g/mol. The highest BCUT2D eigenvalue weighted by atomic mass is 16.5. The van der Waals surface area contributed by atoms with Crippen LogP contribution in [-0.4, -0.2) is 38.4 Å². The fraction of sp³-hybridized carbons (Fsp3) is 0.611. The van der Waals surface area contributed by atoms with Crippen molar-refractivity contribution in [3.05, 3.63) is 23.8 Å². The first-order valence-electron chi connectivity index (χ1n) is 8.19. The van der Waals surface area contributed by atoms with Crippen molar-refractivity contribution < 1.29 is 19.0 Å². The summed E-state index contributed by atoms with van der Waals surface area (Å²) in [7, 11) is 3.20. The lowest BCUT2D eigenvalue weighted by Crippen LogP contribution is -2.75. The maximum Gasteiger partial charge on any atom is 0.241 e. The van der Waals surface area contributed by atoms with Crippen LogP contribution in [0.2, 0.25) is 0 Å². The van der Waals surface area contributed by atoms with Crippen LogP contribution in [0.15, 0.2) is 18.2 Å². The minimum atomic E-state index is -0.932. The first-order valence-corrected chi connectivity index (χ1v) is 8.19. The number of carbonyl (C=O) groups is 1. The fourth-order valence-corrected chi connectivity index (χ4v) is 3.17. The van der Waals surface area contributed by atoms with Gasteiger partial charge in [0.1, 0.15) is 17.0 Å². The van der Waals surface area contributed by atoms with E-state index in [-0.39, 0.29) is 12.0 Å². The van der Waals surface area contributed by atoms with Gasteiger partial charge in [-0.3, -0.25) is 4.79 Å². The SMILES string of the molecule is CCOC1CC(N)(C(=O)NCc2cc(OC)ccc2OC)C1(C)C. The smallest absolute Gasteiger partial charge is 0.241 e. The molecule has 0 aromatic heterocycles. The van der Waals surface area contributed by atoms with Crippen LogP contribution in [0.1, 0.15) is 32.8 Å². The number of hydrogen-bond acceptors (Lipinski definition) is 5. The molecule has 0 spiro atoms. The van der Waals surface area contributed by atoms with Gasteiger partial charge in [-0.05, 0) is 25.1 Å². The third-order valence-corrected chi connectivity index (χ3v) is 5.16. The largest absolute Gasteiger partial charge is 0.497 e. The van der Waals surface area contributed by atoms with E-state index in [0.29, 0.717) is 31.1 Å². The van der Waals surface area contributed by atoms with Crippen LogP contribution in [0, 0.1) is 5.41 Å². The Kier molecular flexibility index (Phi) is 5.40. The summed E-state index contributed by atoms with van der Waals surface area (Å²) in [5.74, 6) is 1.23. The molecule has 0 aliphatic heterocycles. The molecule has 1 amide bonds. The van der Waals surface area contributed by atoms with Crippen LogP contribution in [0.4, 0.5) is 0 Å². The molecule has 2 unspecified atom stereocenters. The molecule has 2 atom stereocenters. The van der Waals surface area contributed by atoms with Gasteiger partial charge in [0, 0.05) is 30.6 Å². The molecule has 6 nitrogen and oxygen atoms in total. The number of benzene rings is 1. The lowest BCUT2D eigenvalue weighted by atomic mass is 9.54. The molecule has 0 saturated heterocycles. The first-order chi connectivity index (χ1) is 11.3. The van der Waals surface area contributed by atoms with Gasteiger partial charge in [-0.15, -0.1) is 0 Å². The minimum Gasteiger partial charge on any atom is -0.497 e. The Morgan fingerprint density at radius 3 is 2.58 bits per heavy atom. The van der Waals surface area contributed by atoms with Crippen molar-refractivity contribution in [3.8, 4) is 11.5 Å². The Morgan fingerprint density at radius 1 is 1.33 bits per heavy atom. The molecule has 1 fully saturated rings. The molecule has 1 aliphatic carbocycles. The number of hydrogen-bond donors (Lipinski definition) is 2. The normalized spacial score (nSPS) is 24.8. The van der Waals surface area contributed by atoms with Crippen molar-refractivity contribution in [3.63, 3.8) is 0 Å². The van der Waals surface area contributed by atoms with E-state index in [1.807, 2.05) is 39.0 Å². The summed E-state index contributed by atoms with van der Waals surface area (Å²) in [6.45, 7) is 6.84. The number of nitrogens with one attached hydrogen (secondary N) is 1. The standard InChI is InChI=1S/C18H28N2O4/c1-6-24-15-10-18(19,17(15,2)3)16(21)20-11-12-9-13(22-4)7-8-14(12)23-5/h7-9,15H,6,10-11,19H2,1-5H3,(H,20,21). The number of nitrogens with two attached hydrogens (primary N) is 1. The molecular formula is C18H28N2O4. The van der Waals surface area contributed by atoms with E-state index in [4.69, 9.17) is 19.9 Å². The monoisotopic (exact) mass is 336 g/mol. The predicted molar refractivity (Wildman–Crippen MR) is 92.1 cm³/mol. The zero-order valence-corrected chi connectivity index (χ0v) is 15.1. The van der Waals surface area contributed by atoms with Gasteiger partial charge in [0.2, 0.25) is 5.91 Å². The molecule has 2 rings (SSSR count). The van der Waals surface area contributed by atoms with Crippen LogP contribution < -0.4 is 20.5 Å². The molecule has 3 N–H and O–H groups in total. The van der Waals surface area contributed by atoms with Crippen LogP contribution >= 0.6 is 0 Å². The predicted octanol–water partition coefficient (Wildman–Crippen LogP) is 1.85. The van der Waals surface area contributed by atoms with Crippen molar-refractivity contribution >= 4 is 5.91 Å². The summed E-state index contributed by atoms with van der Waals surface area (Å²) in [6.07, 6.45) is 0.527. The van der Waals surface area contributed by atoms with Gasteiger partial charge >= 0.3 is 0 Å². The van der Waals surface area contributed by atoms with E-state index in [9.17, 15) is 4.79 Å². The third kappa shape index (κ3) is 3.08. The molecular weight excluding hydrogens is 308 g/mol. The second-order valence-electron chi connectivity index (χ2n) is 6.70. The van der Waals surface area contributed by atoms with Crippen molar-refractivity contribution in [1.29, 1.82) is 0 Å². The fourth-order valence-electron chi connectivity index (χ4n) is 3.17. The van der Waals surface area contributed by atoms with E-state index in [2.05, 4.69) is 5.32 Å². The Bertz CT molecular complexity index is 603. The van der Waals surface area contributed by atoms with Gasteiger partial charge in [0.05, 0.1) is 20.3 Å². The van der Waals surface area contributed by atoms with Crippen molar-refractivity contribution in [1.82, 2.24) is 5.32 Å². The summed E-state index contributed by atoms with van der Waals surface area (Å²) in [5, 5.41) is 2.93. The van der Waals surface area contributed by atoms with Gasteiger partial charge in [-0.1, -0.05) is 13.8 Å². The van der Waals surface area contributed by atoms with Gasteiger partial charge < -0.3 is 25.3 Å². The Labute approximate surface area is 143 Å². The van der Waals surface area contributed by atoms with E-state index in [0.717, 1.165) is 5.56 Å². The number of carbonyl (C=O) groups excluding carboxylic acids is 1. The molecule has 1 aromatic carbocycles. The van der Waals surface area contributed by atoms with E-state index < -0.39 is 11.0 Å². The molecule has 0 heterocycles. The van der Waals surface area contributed by atoms with Crippen molar-refractivity contribution in [2.75, 3.05) is 20.8 Å². The summed E-state index contributed by atoms with van der Waals surface area (Å²) >= 11 is 0. The summed E-state index contributed by atoms with van der Waals surface area (Å²) in [5.41, 5.74) is 5.88.